The summed E-state index contributed by atoms with van der Waals surface area (Å²) < 4.78 is 3.86. The van der Waals surface area contributed by atoms with Crippen molar-refractivity contribution in [2.75, 3.05) is 19.6 Å². The van der Waals surface area contributed by atoms with Crippen LogP contribution in [0.2, 0.25) is 0 Å². The molecule has 0 saturated heterocycles. The van der Waals surface area contributed by atoms with Gasteiger partial charge >= 0.3 is 17.1 Å². The Morgan fingerprint density at radius 2 is 0.897 bits per heavy atom. The van der Waals surface area contributed by atoms with E-state index in [9.17, 15) is 28.8 Å². The molecule has 4 atom stereocenters. The van der Waals surface area contributed by atoms with Gasteiger partial charge < -0.3 is 0 Å². The van der Waals surface area contributed by atoms with Crippen LogP contribution in [0, 0.1) is 17.8 Å². The Labute approximate surface area is 225 Å². The number of hydrogen-bond acceptors (Lipinski definition) is 9. The van der Waals surface area contributed by atoms with Crippen molar-refractivity contribution in [3.63, 3.8) is 0 Å². The molecule has 1 aromatic heterocycles. The van der Waals surface area contributed by atoms with Crippen LogP contribution in [0.5, 0.6) is 0 Å². The fraction of sp³-hybridized carbons (Fsp3) is 0.778. The van der Waals surface area contributed by atoms with Crippen LogP contribution in [0.25, 0.3) is 0 Å². The Kier molecular flexibility index (Phi) is 9.93. The van der Waals surface area contributed by atoms with Crippen LogP contribution in [0.15, 0.2) is 29.4 Å². The number of isocyanates is 3. The van der Waals surface area contributed by atoms with Gasteiger partial charge in [-0.2, -0.15) is 0 Å². The second-order valence-electron chi connectivity index (χ2n) is 11.3. The first-order chi connectivity index (χ1) is 19.0. The molecule has 210 valence electrons. The average molecular weight is 541 g/mol. The van der Waals surface area contributed by atoms with E-state index in [1.54, 1.807) is 18.2 Å². The third-order valence-electron chi connectivity index (χ3n) is 8.90. The number of aliphatic imine (C=N–C) groups is 3. The quantitative estimate of drug-likeness (QED) is 0.346. The fourth-order valence-electron chi connectivity index (χ4n) is 6.94. The Morgan fingerprint density at radius 1 is 0.513 bits per heavy atom. The molecular weight excluding hydrogens is 504 g/mol. The molecule has 0 bridgehead atoms. The van der Waals surface area contributed by atoms with Gasteiger partial charge in [0.1, 0.15) is 0 Å². The largest absolute Gasteiger partial charge is 0.336 e. The minimum atomic E-state index is -0.579. The average Bonchev–Trinajstić information content (AvgIpc) is 2.95. The number of carbonyl (C=O) groups excluding carboxylic acids is 3. The van der Waals surface area contributed by atoms with Gasteiger partial charge in [-0.25, -0.2) is 57.4 Å². The zero-order valence-electron chi connectivity index (χ0n) is 22.2. The maximum Gasteiger partial charge on any atom is 0.336 e. The second-order valence-corrected chi connectivity index (χ2v) is 11.3. The van der Waals surface area contributed by atoms with E-state index in [1.807, 2.05) is 0 Å². The molecule has 0 aromatic carbocycles. The minimum Gasteiger partial charge on any atom is -0.247 e. The molecule has 0 radical (unpaired) electrons. The molecule has 0 aliphatic heterocycles. The Morgan fingerprint density at radius 3 is 1.31 bits per heavy atom. The highest BCUT2D eigenvalue weighted by atomic mass is 16.2. The molecule has 12 heteroatoms. The van der Waals surface area contributed by atoms with E-state index in [1.165, 1.54) is 13.7 Å². The lowest BCUT2D eigenvalue weighted by Gasteiger charge is -2.34. The van der Waals surface area contributed by atoms with Crippen molar-refractivity contribution < 1.29 is 14.4 Å². The smallest absolute Gasteiger partial charge is 0.247 e. The maximum absolute atomic E-state index is 13.9. The van der Waals surface area contributed by atoms with E-state index >= 15 is 0 Å². The first-order valence-corrected chi connectivity index (χ1v) is 14.1. The lowest BCUT2D eigenvalue weighted by atomic mass is 9.85. The summed E-state index contributed by atoms with van der Waals surface area (Å²) >= 11 is 0. The lowest BCUT2D eigenvalue weighted by molar-refractivity contribution is 0.202. The molecule has 39 heavy (non-hydrogen) atoms. The van der Waals surface area contributed by atoms with Crippen LogP contribution in [0.3, 0.4) is 0 Å². The SMILES string of the molecule is O=C=NCC1CCC(n2c(=O)n(C3CCCC(CN=C=O)C3)c(=O)n(C3CCCC(CN=C=O)C3)c2=O)CC1. The number of aromatic nitrogens is 3. The van der Waals surface area contributed by atoms with E-state index in [4.69, 9.17) is 0 Å². The molecule has 3 fully saturated rings. The van der Waals surface area contributed by atoms with Gasteiger partial charge in [0.2, 0.25) is 18.2 Å². The number of nitrogens with zero attached hydrogens (tertiary/aromatic N) is 6. The lowest BCUT2D eigenvalue weighted by Crippen LogP contribution is -2.58. The van der Waals surface area contributed by atoms with Gasteiger partial charge in [0.25, 0.3) is 0 Å². The van der Waals surface area contributed by atoms with Crippen molar-refractivity contribution in [3.05, 3.63) is 31.5 Å². The Balaban J connectivity index is 1.75. The van der Waals surface area contributed by atoms with Crippen molar-refractivity contribution in [3.8, 4) is 0 Å². The van der Waals surface area contributed by atoms with Crippen molar-refractivity contribution >= 4 is 18.2 Å². The zero-order chi connectivity index (χ0) is 27.8. The first kappa shape index (κ1) is 28.6. The van der Waals surface area contributed by atoms with Crippen molar-refractivity contribution in [1.82, 2.24) is 13.7 Å². The van der Waals surface area contributed by atoms with E-state index in [2.05, 4.69) is 15.0 Å². The Bertz CT molecular complexity index is 1260. The van der Waals surface area contributed by atoms with Crippen molar-refractivity contribution in [2.45, 2.75) is 95.2 Å². The summed E-state index contributed by atoms with van der Waals surface area (Å²) in [5.74, 6) is 0.306. The van der Waals surface area contributed by atoms with Gasteiger partial charge in [0.05, 0.1) is 19.6 Å². The predicted octanol–water partition coefficient (Wildman–Crippen LogP) is 2.37. The summed E-state index contributed by atoms with van der Waals surface area (Å²) in [5, 5.41) is 0. The van der Waals surface area contributed by atoms with Gasteiger partial charge in [-0.15, -0.1) is 0 Å². The third kappa shape index (κ3) is 6.59. The van der Waals surface area contributed by atoms with Gasteiger partial charge in [-0.05, 0) is 82.0 Å². The third-order valence-corrected chi connectivity index (χ3v) is 8.90. The molecule has 1 heterocycles. The molecule has 3 saturated carbocycles. The number of rotatable bonds is 9. The van der Waals surface area contributed by atoms with Crippen LogP contribution in [0.4, 0.5) is 0 Å². The van der Waals surface area contributed by atoms with Crippen molar-refractivity contribution in [2.24, 2.45) is 32.7 Å². The molecule has 4 unspecified atom stereocenters. The van der Waals surface area contributed by atoms with E-state index in [0.717, 1.165) is 25.7 Å². The van der Waals surface area contributed by atoms with E-state index < -0.39 is 17.1 Å². The highest BCUT2D eigenvalue weighted by Crippen LogP contribution is 2.34. The maximum atomic E-state index is 13.9. The fourth-order valence-corrected chi connectivity index (χ4v) is 6.94. The van der Waals surface area contributed by atoms with Crippen LogP contribution >= 0.6 is 0 Å². The van der Waals surface area contributed by atoms with Crippen LogP contribution < -0.4 is 17.1 Å². The topological polar surface area (TPSA) is 154 Å². The van der Waals surface area contributed by atoms with E-state index in [0.29, 0.717) is 71.0 Å². The summed E-state index contributed by atoms with van der Waals surface area (Å²) in [6.45, 7) is 0.989. The summed E-state index contributed by atoms with van der Waals surface area (Å²) in [7, 11) is 0. The molecule has 0 spiro atoms. The first-order valence-electron chi connectivity index (χ1n) is 14.1. The van der Waals surface area contributed by atoms with Crippen molar-refractivity contribution in [1.29, 1.82) is 0 Å². The van der Waals surface area contributed by atoms with Gasteiger partial charge in [0, 0.05) is 18.1 Å². The highest BCUT2D eigenvalue weighted by Gasteiger charge is 2.34. The molecule has 12 nitrogen and oxygen atoms in total. The van der Waals surface area contributed by atoms with E-state index in [-0.39, 0.29) is 35.9 Å². The monoisotopic (exact) mass is 540 g/mol. The van der Waals surface area contributed by atoms with Crippen LogP contribution in [-0.2, 0) is 14.4 Å². The summed E-state index contributed by atoms with van der Waals surface area (Å²) in [5.41, 5.74) is -1.72. The molecule has 3 aliphatic carbocycles. The normalized spacial score (nSPS) is 28.9. The highest BCUT2D eigenvalue weighted by molar-refractivity contribution is 5.33. The van der Waals surface area contributed by atoms with Crippen LogP contribution in [-0.4, -0.2) is 51.6 Å². The van der Waals surface area contributed by atoms with Gasteiger partial charge in [-0.3, -0.25) is 0 Å². The predicted molar refractivity (Wildman–Crippen MR) is 141 cm³/mol. The summed E-state index contributed by atoms with van der Waals surface area (Å²) in [6.07, 6.45) is 12.9. The molecule has 3 aliphatic rings. The second kappa shape index (κ2) is 13.6. The van der Waals surface area contributed by atoms with Gasteiger partial charge in [-0.1, -0.05) is 12.8 Å². The Hall–Kier alpha value is -3.45. The standard InChI is InChI=1S/C27H36N6O6/c34-16-28-13-19-7-9-22(10-8-19)31-25(37)32(23-5-1-3-20(11-23)14-29-17-35)27(39)33(26(31)38)24-6-2-4-21(12-24)15-30-18-36/h19-24H,1-15H2. The summed E-state index contributed by atoms with van der Waals surface area (Å²) in [6, 6.07) is -1.13. The molecule has 0 N–H and O–H groups in total. The molecular formula is C27H36N6O6. The molecule has 0 amide bonds. The minimum absolute atomic E-state index is 0.0550. The summed E-state index contributed by atoms with van der Waals surface area (Å²) in [4.78, 5) is 84.8. The van der Waals surface area contributed by atoms with Crippen LogP contribution in [0.1, 0.15) is 95.2 Å². The molecule has 1 aromatic rings. The van der Waals surface area contributed by atoms with Gasteiger partial charge in [0.15, 0.2) is 0 Å². The molecule has 4 rings (SSSR count). The zero-order valence-corrected chi connectivity index (χ0v) is 22.2. The number of hydrogen-bond donors (Lipinski definition) is 0.